The summed E-state index contributed by atoms with van der Waals surface area (Å²) in [6.07, 6.45) is 0. The largest absolute Gasteiger partial charge is 0.298 e. The Bertz CT molecular complexity index is 836. The molecule has 0 aromatic heterocycles. The van der Waals surface area contributed by atoms with Crippen LogP contribution in [-0.2, 0) is 0 Å². The Morgan fingerprint density at radius 3 is 2.32 bits per heavy atom. The number of hydrogen-bond acceptors (Lipinski definition) is 5. The van der Waals surface area contributed by atoms with Crippen molar-refractivity contribution in [2.24, 2.45) is 0 Å². The maximum absolute atomic E-state index is 12.0. The number of carbonyl (C=O) groups excluding carboxylic acids is 2. The molecule has 0 spiro atoms. The van der Waals surface area contributed by atoms with E-state index in [-0.39, 0.29) is 16.4 Å². The maximum Gasteiger partial charge on any atom is 0.270 e. The van der Waals surface area contributed by atoms with Gasteiger partial charge in [-0.05, 0) is 37.3 Å². The zero-order valence-corrected chi connectivity index (χ0v) is 13.9. The van der Waals surface area contributed by atoms with Crippen LogP contribution in [0.2, 0.25) is 0 Å². The van der Waals surface area contributed by atoms with Gasteiger partial charge in [0, 0.05) is 23.3 Å². The molecule has 0 saturated heterocycles. The van der Waals surface area contributed by atoms with Crippen molar-refractivity contribution >= 4 is 34.8 Å². The molecule has 2 aromatic carbocycles. The van der Waals surface area contributed by atoms with Crippen molar-refractivity contribution in [3.63, 3.8) is 0 Å². The number of hydrazine groups is 1. The molecule has 0 heterocycles. The highest BCUT2D eigenvalue weighted by molar-refractivity contribution is 7.80. The van der Waals surface area contributed by atoms with E-state index in [0.717, 1.165) is 11.6 Å². The molecule has 0 aliphatic heterocycles. The fraction of sp³-hybridized carbons (Fsp3) is 0.0625. The summed E-state index contributed by atoms with van der Waals surface area (Å²) in [5, 5.41) is 12.9. The average molecular weight is 358 g/mol. The van der Waals surface area contributed by atoms with Gasteiger partial charge in [-0.25, -0.2) is 0 Å². The highest BCUT2D eigenvalue weighted by Crippen LogP contribution is 2.12. The van der Waals surface area contributed by atoms with Crippen LogP contribution in [0.15, 0.2) is 48.5 Å². The molecule has 0 radical (unpaired) electrons. The number of hydrogen-bond donors (Lipinski definition) is 3. The zero-order valence-electron chi connectivity index (χ0n) is 13.1. The fourth-order valence-corrected chi connectivity index (χ4v) is 2.00. The number of benzene rings is 2. The molecule has 0 bridgehead atoms. The Hall–Kier alpha value is -3.33. The Morgan fingerprint density at radius 1 is 1.00 bits per heavy atom. The topological polar surface area (TPSA) is 113 Å². The van der Waals surface area contributed by atoms with Gasteiger partial charge in [0.1, 0.15) is 0 Å². The summed E-state index contributed by atoms with van der Waals surface area (Å²) < 4.78 is 0. The number of carbonyl (C=O) groups is 2. The quantitative estimate of drug-likeness (QED) is 0.438. The van der Waals surface area contributed by atoms with Gasteiger partial charge in [0.05, 0.1) is 4.92 Å². The van der Waals surface area contributed by atoms with Gasteiger partial charge in [-0.1, -0.05) is 23.8 Å². The van der Waals surface area contributed by atoms with Gasteiger partial charge >= 0.3 is 0 Å². The Balaban J connectivity index is 1.90. The van der Waals surface area contributed by atoms with Gasteiger partial charge in [-0.3, -0.25) is 35.9 Å². The summed E-state index contributed by atoms with van der Waals surface area (Å²) in [4.78, 5) is 34.0. The van der Waals surface area contributed by atoms with Crippen LogP contribution in [0, 0.1) is 17.0 Å². The molecule has 128 valence electrons. The lowest BCUT2D eigenvalue weighted by atomic mass is 10.1. The number of thiocarbonyl (C=S) groups is 1. The summed E-state index contributed by atoms with van der Waals surface area (Å²) in [7, 11) is 0. The molecule has 2 rings (SSSR count). The molecule has 8 nitrogen and oxygen atoms in total. The van der Waals surface area contributed by atoms with Crippen molar-refractivity contribution in [3.05, 3.63) is 75.3 Å². The van der Waals surface area contributed by atoms with Crippen LogP contribution >= 0.6 is 12.2 Å². The normalized spacial score (nSPS) is 9.80. The third-order valence-corrected chi connectivity index (χ3v) is 3.35. The van der Waals surface area contributed by atoms with Crippen molar-refractivity contribution in [1.82, 2.24) is 16.2 Å². The molecule has 0 atom stereocenters. The maximum atomic E-state index is 12.0. The van der Waals surface area contributed by atoms with Crippen LogP contribution in [0.3, 0.4) is 0 Å². The summed E-state index contributed by atoms with van der Waals surface area (Å²) in [6.45, 7) is 1.90. The van der Waals surface area contributed by atoms with E-state index in [1.165, 1.54) is 18.2 Å². The number of nitro groups is 1. The first kappa shape index (κ1) is 18.0. The van der Waals surface area contributed by atoms with Crippen molar-refractivity contribution in [3.8, 4) is 0 Å². The van der Waals surface area contributed by atoms with Gasteiger partial charge in [0.15, 0.2) is 5.11 Å². The lowest BCUT2D eigenvalue weighted by Crippen LogP contribution is -2.48. The SMILES string of the molecule is Cc1ccc(C(=O)NNC(=S)NC(=O)c2cccc([N+](=O)[O-])c2)cc1. The van der Waals surface area contributed by atoms with Crippen LogP contribution in [0.4, 0.5) is 5.69 Å². The predicted octanol–water partition coefficient (Wildman–Crippen LogP) is 1.85. The van der Waals surface area contributed by atoms with Gasteiger partial charge in [-0.15, -0.1) is 0 Å². The van der Waals surface area contributed by atoms with E-state index < -0.39 is 16.7 Å². The molecule has 0 aliphatic carbocycles. The standard InChI is InChI=1S/C16H14N4O4S/c1-10-5-7-11(8-6-10)15(22)18-19-16(25)17-14(21)12-3-2-4-13(9-12)20(23)24/h2-9H,1H3,(H,18,22)(H2,17,19,21,25). The van der Waals surface area contributed by atoms with E-state index >= 15 is 0 Å². The molecule has 0 aliphatic rings. The molecule has 0 unspecified atom stereocenters. The second-order valence-corrected chi connectivity index (χ2v) is 5.44. The number of rotatable bonds is 3. The minimum Gasteiger partial charge on any atom is -0.298 e. The van der Waals surface area contributed by atoms with Crippen LogP contribution in [0.5, 0.6) is 0 Å². The van der Waals surface area contributed by atoms with Gasteiger partial charge in [0.25, 0.3) is 17.5 Å². The van der Waals surface area contributed by atoms with E-state index in [9.17, 15) is 19.7 Å². The average Bonchev–Trinajstić information content (AvgIpc) is 2.60. The zero-order chi connectivity index (χ0) is 18.4. The van der Waals surface area contributed by atoms with E-state index in [1.54, 1.807) is 24.3 Å². The smallest absolute Gasteiger partial charge is 0.270 e. The molecule has 0 saturated carbocycles. The lowest BCUT2D eigenvalue weighted by Gasteiger charge is -2.11. The van der Waals surface area contributed by atoms with Gasteiger partial charge in [-0.2, -0.15) is 0 Å². The third-order valence-electron chi connectivity index (χ3n) is 3.15. The van der Waals surface area contributed by atoms with Gasteiger partial charge < -0.3 is 0 Å². The first-order valence-corrected chi connectivity index (χ1v) is 7.50. The second-order valence-electron chi connectivity index (χ2n) is 5.04. The van der Waals surface area contributed by atoms with Crippen molar-refractivity contribution < 1.29 is 14.5 Å². The van der Waals surface area contributed by atoms with Crippen LogP contribution < -0.4 is 16.2 Å². The number of non-ortho nitro benzene ring substituents is 1. The molecule has 3 N–H and O–H groups in total. The Morgan fingerprint density at radius 2 is 1.68 bits per heavy atom. The van der Waals surface area contributed by atoms with Crippen LogP contribution in [0.25, 0.3) is 0 Å². The van der Waals surface area contributed by atoms with Crippen molar-refractivity contribution in [2.45, 2.75) is 6.92 Å². The number of amides is 2. The highest BCUT2D eigenvalue weighted by atomic mass is 32.1. The minimum absolute atomic E-state index is 0.0724. The second kappa shape index (κ2) is 7.97. The molecule has 0 fully saturated rings. The predicted molar refractivity (Wildman–Crippen MR) is 94.9 cm³/mol. The highest BCUT2D eigenvalue weighted by Gasteiger charge is 2.13. The van der Waals surface area contributed by atoms with E-state index in [2.05, 4.69) is 16.2 Å². The number of aryl methyl sites for hydroxylation is 1. The van der Waals surface area contributed by atoms with E-state index in [1.807, 2.05) is 6.92 Å². The third kappa shape index (κ3) is 5.08. The molecule has 2 amide bonds. The molecule has 9 heteroatoms. The first-order valence-electron chi connectivity index (χ1n) is 7.09. The van der Waals surface area contributed by atoms with Crippen LogP contribution in [0.1, 0.15) is 26.3 Å². The van der Waals surface area contributed by atoms with E-state index in [0.29, 0.717) is 5.56 Å². The summed E-state index contributed by atoms with van der Waals surface area (Å²) >= 11 is 4.91. The van der Waals surface area contributed by atoms with Crippen molar-refractivity contribution in [1.29, 1.82) is 0 Å². The van der Waals surface area contributed by atoms with Crippen molar-refractivity contribution in [2.75, 3.05) is 0 Å². The fourth-order valence-electron chi connectivity index (χ4n) is 1.86. The molecular weight excluding hydrogens is 344 g/mol. The number of nitrogens with zero attached hydrogens (tertiary/aromatic N) is 1. The Labute approximate surface area is 148 Å². The lowest BCUT2D eigenvalue weighted by molar-refractivity contribution is -0.384. The summed E-state index contributed by atoms with van der Waals surface area (Å²) in [6, 6.07) is 12.1. The first-order chi connectivity index (χ1) is 11.9. The monoisotopic (exact) mass is 358 g/mol. The Kier molecular flexibility index (Phi) is 5.75. The summed E-state index contributed by atoms with van der Waals surface area (Å²) in [5.41, 5.74) is 6.05. The molecule has 2 aromatic rings. The number of nitrogens with one attached hydrogen (secondary N) is 3. The van der Waals surface area contributed by atoms with E-state index in [4.69, 9.17) is 12.2 Å². The van der Waals surface area contributed by atoms with Crippen LogP contribution in [-0.4, -0.2) is 21.9 Å². The summed E-state index contributed by atoms with van der Waals surface area (Å²) in [5.74, 6) is -1.06. The van der Waals surface area contributed by atoms with Gasteiger partial charge in [0.2, 0.25) is 0 Å². The molecule has 25 heavy (non-hydrogen) atoms. The molecular formula is C16H14N4O4S. The minimum atomic E-state index is -0.634. The number of nitro benzene ring substituents is 1.